The van der Waals surface area contributed by atoms with E-state index in [0.717, 1.165) is 13.0 Å². The Balaban J connectivity index is 3.26. The van der Waals surface area contributed by atoms with Gasteiger partial charge in [0.25, 0.3) is 0 Å². The van der Waals surface area contributed by atoms with Crippen molar-refractivity contribution >= 4 is 5.97 Å². The van der Waals surface area contributed by atoms with Gasteiger partial charge in [-0.2, -0.15) is 0 Å². The number of ether oxygens (including phenoxy) is 2. The zero-order valence-corrected chi connectivity index (χ0v) is 8.63. The summed E-state index contributed by atoms with van der Waals surface area (Å²) in [4.78, 5) is 10.7. The van der Waals surface area contributed by atoms with Gasteiger partial charge in [-0.25, -0.2) is 0 Å². The lowest BCUT2D eigenvalue weighted by Gasteiger charge is -2.12. The van der Waals surface area contributed by atoms with Gasteiger partial charge in [0.1, 0.15) is 0 Å². The van der Waals surface area contributed by atoms with Gasteiger partial charge in [-0.1, -0.05) is 0 Å². The molecule has 0 saturated carbocycles. The Kier molecular flexibility index (Phi) is 7.63. The standard InChI is InChI=1S/C9H19NO3/c1-8(5-7-12-2)10-6-4-9(11)13-3/h8,10H,4-7H2,1-3H3. The molecule has 0 radical (unpaired) electrons. The van der Waals surface area contributed by atoms with Crippen molar-refractivity contribution in [3.8, 4) is 0 Å². The predicted molar refractivity (Wildman–Crippen MR) is 50.6 cm³/mol. The van der Waals surface area contributed by atoms with E-state index in [0.29, 0.717) is 19.0 Å². The number of carbonyl (C=O) groups excluding carboxylic acids is 1. The number of esters is 1. The van der Waals surface area contributed by atoms with Gasteiger partial charge in [0.15, 0.2) is 0 Å². The first-order chi connectivity index (χ1) is 6.20. The molecule has 0 spiro atoms. The first-order valence-corrected chi connectivity index (χ1v) is 4.49. The average Bonchev–Trinajstić information content (AvgIpc) is 2.14. The molecule has 0 rings (SSSR count). The maximum atomic E-state index is 10.7. The average molecular weight is 189 g/mol. The summed E-state index contributed by atoms with van der Waals surface area (Å²) < 4.78 is 9.44. The second-order valence-electron chi connectivity index (χ2n) is 2.96. The summed E-state index contributed by atoms with van der Waals surface area (Å²) in [5.74, 6) is -0.175. The van der Waals surface area contributed by atoms with E-state index in [4.69, 9.17) is 4.74 Å². The van der Waals surface area contributed by atoms with Crippen LogP contribution in [0.1, 0.15) is 19.8 Å². The molecule has 4 nitrogen and oxygen atoms in total. The Labute approximate surface area is 79.6 Å². The highest BCUT2D eigenvalue weighted by Crippen LogP contribution is 1.91. The van der Waals surface area contributed by atoms with Gasteiger partial charge in [-0.15, -0.1) is 0 Å². The molecule has 0 aromatic heterocycles. The molecular formula is C9H19NO3. The molecule has 1 atom stereocenters. The molecule has 0 aromatic carbocycles. The third-order valence-electron chi connectivity index (χ3n) is 1.80. The normalized spacial score (nSPS) is 12.5. The Morgan fingerprint density at radius 1 is 1.46 bits per heavy atom. The summed E-state index contributed by atoms with van der Waals surface area (Å²) >= 11 is 0. The van der Waals surface area contributed by atoms with E-state index in [1.165, 1.54) is 7.11 Å². The molecule has 0 aliphatic rings. The molecule has 0 bridgehead atoms. The van der Waals surface area contributed by atoms with Gasteiger partial charge in [0.05, 0.1) is 13.5 Å². The van der Waals surface area contributed by atoms with Gasteiger partial charge in [0, 0.05) is 26.3 Å². The van der Waals surface area contributed by atoms with E-state index < -0.39 is 0 Å². The lowest BCUT2D eigenvalue weighted by Crippen LogP contribution is -2.29. The topological polar surface area (TPSA) is 47.6 Å². The lowest BCUT2D eigenvalue weighted by atomic mass is 10.2. The fourth-order valence-corrected chi connectivity index (χ4v) is 0.919. The summed E-state index contributed by atoms with van der Waals surface area (Å²) in [7, 11) is 3.08. The van der Waals surface area contributed by atoms with Crippen molar-refractivity contribution in [3.05, 3.63) is 0 Å². The summed E-state index contributed by atoms with van der Waals surface area (Å²) in [5, 5.41) is 3.20. The Morgan fingerprint density at radius 3 is 2.69 bits per heavy atom. The van der Waals surface area contributed by atoms with E-state index >= 15 is 0 Å². The van der Waals surface area contributed by atoms with E-state index in [1.54, 1.807) is 7.11 Å². The molecule has 0 aromatic rings. The van der Waals surface area contributed by atoms with Crippen molar-refractivity contribution < 1.29 is 14.3 Å². The molecule has 1 N–H and O–H groups in total. The maximum absolute atomic E-state index is 10.7. The van der Waals surface area contributed by atoms with Crippen molar-refractivity contribution in [1.29, 1.82) is 0 Å². The molecule has 0 amide bonds. The number of nitrogens with one attached hydrogen (secondary N) is 1. The summed E-state index contributed by atoms with van der Waals surface area (Å²) in [6.07, 6.45) is 1.38. The van der Waals surface area contributed by atoms with Crippen molar-refractivity contribution in [2.24, 2.45) is 0 Å². The minimum atomic E-state index is -0.175. The third kappa shape index (κ3) is 7.74. The fraction of sp³-hybridized carbons (Fsp3) is 0.889. The molecular weight excluding hydrogens is 170 g/mol. The van der Waals surface area contributed by atoms with Crippen LogP contribution < -0.4 is 5.32 Å². The molecule has 0 aliphatic carbocycles. The van der Waals surface area contributed by atoms with Crippen molar-refractivity contribution in [3.63, 3.8) is 0 Å². The summed E-state index contributed by atoms with van der Waals surface area (Å²) in [6, 6.07) is 0.379. The zero-order valence-electron chi connectivity index (χ0n) is 8.63. The van der Waals surface area contributed by atoms with Crippen LogP contribution in [0.25, 0.3) is 0 Å². The minimum absolute atomic E-state index is 0.175. The number of hydrogen-bond donors (Lipinski definition) is 1. The Morgan fingerprint density at radius 2 is 2.15 bits per heavy atom. The summed E-state index contributed by atoms with van der Waals surface area (Å²) in [5.41, 5.74) is 0. The highest BCUT2D eigenvalue weighted by atomic mass is 16.5. The first kappa shape index (κ1) is 12.4. The molecule has 0 saturated heterocycles. The van der Waals surface area contributed by atoms with Crippen molar-refractivity contribution in [1.82, 2.24) is 5.32 Å². The molecule has 1 unspecified atom stereocenters. The van der Waals surface area contributed by atoms with Gasteiger partial charge in [0.2, 0.25) is 0 Å². The number of methoxy groups -OCH3 is 2. The van der Waals surface area contributed by atoms with E-state index in [2.05, 4.69) is 17.0 Å². The van der Waals surface area contributed by atoms with Crippen LogP contribution in [0.3, 0.4) is 0 Å². The van der Waals surface area contributed by atoms with Crippen LogP contribution in [0.5, 0.6) is 0 Å². The molecule has 0 aliphatic heterocycles. The van der Waals surface area contributed by atoms with Crippen LogP contribution in [-0.2, 0) is 14.3 Å². The monoisotopic (exact) mass is 189 g/mol. The highest BCUT2D eigenvalue weighted by Gasteiger charge is 2.03. The van der Waals surface area contributed by atoms with Gasteiger partial charge < -0.3 is 14.8 Å². The SMILES string of the molecule is COCCC(C)NCCC(=O)OC. The molecule has 0 heterocycles. The van der Waals surface area contributed by atoms with Crippen LogP contribution in [-0.4, -0.2) is 39.4 Å². The van der Waals surface area contributed by atoms with Crippen LogP contribution in [0.2, 0.25) is 0 Å². The van der Waals surface area contributed by atoms with E-state index in [1.807, 2.05) is 0 Å². The van der Waals surface area contributed by atoms with Crippen molar-refractivity contribution in [2.75, 3.05) is 27.4 Å². The molecule has 13 heavy (non-hydrogen) atoms. The van der Waals surface area contributed by atoms with Gasteiger partial charge in [-0.3, -0.25) is 4.79 Å². The second kappa shape index (κ2) is 8.01. The predicted octanol–water partition coefficient (Wildman–Crippen LogP) is 0.564. The highest BCUT2D eigenvalue weighted by molar-refractivity contribution is 5.69. The smallest absolute Gasteiger partial charge is 0.306 e. The van der Waals surface area contributed by atoms with Crippen LogP contribution in [0, 0.1) is 0 Å². The lowest BCUT2D eigenvalue weighted by molar-refractivity contribution is -0.140. The number of rotatable bonds is 7. The number of hydrogen-bond acceptors (Lipinski definition) is 4. The van der Waals surface area contributed by atoms with E-state index in [-0.39, 0.29) is 5.97 Å². The minimum Gasteiger partial charge on any atom is -0.469 e. The van der Waals surface area contributed by atoms with Gasteiger partial charge >= 0.3 is 5.97 Å². The largest absolute Gasteiger partial charge is 0.469 e. The number of carbonyl (C=O) groups is 1. The molecule has 78 valence electrons. The molecule has 0 fully saturated rings. The summed E-state index contributed by atoms with van der Waals surface area (Å²) in [6.45, 7) is 3.47. The fourth-order valence-electron chi connectivity index (χ4n) is 0.919. The Bertz CT molecular complexity index is 139. The van der Waals surface area contributed by atoms with Crippen molar-refractivity contribution in [2.45, 2.75) is 25.8 Å². The Hall–Kier alpha value is -0.610. The third-order valence-corrected chi connectivity index (χ3v) is 1.80. The van der Waals surface area contributed by atoms with Crippen LogP contribution in [0.4, 0.5) is 0 Å². The van der Waals surface area contributed by atoms with E-state index in [9.17, 15) is 4.79 Å². The van der Waals surface area contributed by atoms with Gasteiger partial charge in [-0.05, 0) is 13.3 Å². The van der Waals surface area contributed by atoms with Crippen LogP contribution in [0.15, 0.2) is 0 Å². The molecule has 4 heteroatoms. The maximum Gasteiger partial charge on any atom is 0.306 e. The second-order valence-corrected chi connectivity index (χ2v) is 2.96. The zero-order chi connectivity index (χ0) is 10.1. The van der Waals surface area contributed by atoms with Crippen LogP contribution >= 0.6 is 0 Å². The quantitative estimate of drug-likeness (QED) is 0.595. The first-order valence-electron chi connectivity index (χ1n) is 4.49.